The molecule has 2 heterocycles. The van der Waals surface area contributed by atoms with Crippen molar-refractivity contribution < 1.29 is 4.79 Å². The average Bonchev–Trinajstić information content (AvgIpc) is 2.46. The van der Waals surface area contributed by atoms with Gasteiger partial charge in [-0.15, -0.1) is 12.4 Å². The van der Waals surface area contributed by atoms with E-state index in [1.807, 2.05) is 23.1 Å². The number of amides is 1. The van der Waals surface area contributed by atoms with Gasteiger partial charge in [-0.3, -0.25) is 14.8 Å². The number of nitrogens with one attached hydrogen (secondary N) is 1. The van der Waals surface area contributed by atoms with Gasteiger partial charge in [0.2, 0.25) is 0 Å². The molecule has 1 amide bonds. The number of nitrogens with zero attached hydrogens (tertiary/aromatic N) is 3. The summed E-state index contributed by atoms with van der Waals surface area (Å²) in [5.74, 6) is 0.0703. The molecule has 1 aromatic carbocycles. The number of hydrogen-bond donors (Lipinski definition) is 1. The lowest BCUT2D eigenvalue weighted by Crippen LogP contribution is -2.51. The van der Waals surface area contributed by atoms with Crippen LogP contribution in [-0.4, -0.2) is 46.5 Å². The smallest absolute Gasteiger partial charge is 0.254 e. The summed E-state index contributed by atoms with van der Waals surface area (Å²) in [4.78, 5) is 22.8. The molecule has 0 bridgehead atoms. The predicted molar refractivity (Wildman–Crippen MR) is 80.2 cm³/mol. The summed E-state index contributed by atoms with van der Waals surface area (Å²) in [5, 5.41) is 3.33. The highest BCUT2D eigenvalue weighted by Crippen LogP contribution is 2.14. The van der Waals surface area contributed by atoms with Crippen LogP contribution in [0.15, 0.2) is 30.6 Å². The minimum absolute atomic E-state index is 0. The molecule has 1 aliphatic heterocycles. The van der Waals surface area contributed by atoms with E-state index in [1.54, 1.807) is 12.4 Å². The van der Waals surface area contributed by atoms with Gasteiger partial charge < -0.3 is 10.2 Å². The van der Waals surface area contributed by atoms with E-state index in [0.717, 1.165) is 30.7 Å². The normalized spacial score (nSPS) is 18.6. The molecule has 20 heavy (non-hydrogen) atoms. The molecule has 0 spiro atoms. The van der Waals surface area contributed by atoms with Gasteiger partial charge in [0.15, 0.2) is 0 Å². The largest absolute Gasteiger partial charge is 0.336 e. The van der Waals surface area contributed by atoms with Gasteiger partial charge in [0.25, 0.3) is 5.91 Å². The summed E-state index contributed by atoms with van der Waals surface area (Å²) >= 11 is 0. The molecule has 1 fully saturated rings. The van der Waals surface area contributed by atoms with E-state index < -0.39 is 0 Å². The maximum atomic E-state index is 12.4. The van der Waals surface area contributed by atoms with Gasteiger partial charge >= 0.3 is 0 Å². The predicted octanol–water partition coefficient (Wildman–Crippen LogP) is 1.49. The lowest BCUT2D eigenvalue weighted by Gasteiger charge is -2.32. The maximum Gasteiger partial charge on any atom is 0.254 e. The second-order valence-corrected chi connectivity index (χ2v) is 4.87. The van der Waals surface area contributed by atoms with Gasteiger partial charge in [-0.2, -0.15) is 0 Å². The number of rotatable bonds is 1. The quantitative estimate of drug-likeness (QED) is 0.865. The maximum absolute atomic E-state index is 12.4. The average molecular weight is 293 g/mol. The Balaban J connectivity index is 0.00000147. The van der Waals surface area contributed by atoms with Crippen LogP contribution in [0.1, 0.15) is 17.3 Å². The van der Waals surface area contributed by atoms with Crippen LogP contribution in [0.25, 0.3) is 11.0 Å². The number of aromatic nitrogens is 2. The summed E-state index contributed by atoms with van der Waals surface area (Å²) in [6.07, 6.45) is 3.30. The first-order valence-electron chi connectivity index (χ1n) is 6.47. The third-order valence-electron chi connectivity index (χ3n) is 3.37. The Morgan fingerprint density at radius 1 is 1.30 bits per heavy atom. The van der Waals surface area contributed by atoms with E-state index in [0.29, 0.717) is 11.6 Å². The van der Waals surface area contributed by atoms with E-state index >= 15 is 0 Å². The van der Waals surface area contributed by atoms with Crippen molar-refractivity contribution in [1.29, 1.82) is 0 Å². The van der Waals surface area contributed by atoms with Gasteiger partial charge in [-0.05, 0) is 25.1 Å². The van der Waals surface area contributed by atoms with E-state index in [2.05, 4.69) is 22.2 Å². The highest BCUT2D eigenvalue weighted by Gasteiger charge is 2.21. The fraction of sp³-hybridized carbons (Fsp3) is 0.357. The van der Waals surface area contributed by atoms with Crippen molar-refractivity contribution in [2.75, 3.05) is 19.6 Å². The molecule has 0 aliphatic carbocycles. The first kappa shape index (κ1) is 14.7. The molecular formula is C14H17ClN4O. The minimum Gasteiger partial charge on any atom is -0.336 e. The van der Waals surface area contributed by atoms with Crippen LogP contribution >= 0.6 is 12.4 Å². The van der Waals surface area contributed by atoms with Gasteiger partial charge in [-0.1, -0.05) is 0 Å². The lowest BCUT2D eigenvalue weighted by atomic mass is 10.1. The molecule has 1 N–H and O–H groups in total. The minimum atomic E-state index is 0. The zero-order valence-corrected chi connectivity index (χ0v) is 12.1. The van der Waals surface area contributed by atoms with E-state index in [4.69, 9.17) is 0 Å². The number of piperazine rings is 1. The topological polar surface area (TPSA) is 58.1 Å². The lowest BCUT2D eigenvalue weighted by molar-refractivity contribution is 0.0709. The van der Waals surface area contributed by atoms with Crippen molar-refractivity contribution in [1.82, 2.24) is 20.2 Å². The van der Waals surface area contributed by atoms with Crippen molar-refractivity contribution in [2.24, 2.45) is 0 Å². The van der Waals surface area contributed by atoms with E-state index in [1.165, 1.54) is 0 Å². The Kier molecular flexibility index (Phi) is 4.52. The molecule has 0 saturated carbocycles. The molecule has 3 rings (SSSR count). The highest BCUT2D eigenvalue weighted by molar-refractivity contribution is 5.97. The van der Waals surface area contributed by atoms with Crippen LogP contribution in [0.4, 0.5) is 0 Å². The first-order valence-corrected chi connectivity index (χ1v) is 6.47. The summed E-state index contributed by atoms with van der Waals surface area (Å²) in [5.41, 5.74) is 2.26. The number of carbonyl (C=O) groups is 1. The van der Waals surface area contributed by atoms with Crippen molar-refractivity contribution in [2.45, 2.75) is 13.0 Å². The van der Waals surface area contributed by atoms with Crippen molar-refractivity contribution in [3.63, 3.8) is 0 Å². The number of halogens is 1. The van der Waals surface area contributed by atoms with Gasteiger partial charge in [-0.25, -0.2) is 0 Å². The Bertz CT molecular complexity index is 619. The molecule has 1 atom stereocenters. The van der Waals surface area contributed by atoms with E-state index in [9.17, 15) is 4.79 Å². The molecule has 6 heteroatoms. The molecule has 1 aromatic heterocycles. The van der Waals surface area contributed by atoms with E-state index in [-0.39, 0.29) is 18.3 Å². The fourth-order valence-electron chi connectivity index (χ4n) is 2.40. The van der Waals surface area contributed by atoms with Crippen LogP contribution in [0.5, 0.6) is 0 Å². The third kappa shape index (κ3) is 2.89. The van der Waals surface area contributed by atoms with Crippen molar-refractivity contribution in [3.8, 4) is 0 Å². The summed E-state index contributed by atoms with van der Waals surface area (Å²) in [6.45, 7) is 4.44. The van der Waals surface area contributed by atoms with Crippen LogP contribution in [-0.2, 0) is 0 Å². The summed E-state index contributed by atoms with van der Waals surface area (Å²) in [6, 6.07) is 5.84. The molecule has 1 aliphatic rings. The zero-order valence-electron chi connectivity index (χ0n) is 11.2. The number of carbonyl (C=O) groups excluding carboxylic acids is 1. The van der Waals surface area contributed by atoms with Crippen LogP contribution < -0.4 is 5.32 Å². The van der Waals surface area contributed by atoms with Gasteiger partial charge in [0.05, 0.1) is 11.0 Å². The SMILES string of the molecule is CC1CN(C(=O)c2ccc3nccnc3c2)CCN1.Cl. The Hall–Kier alpha value is -1.72. The summed E-state index contributed by atoms with van der Waals surface area (Å²) < 4.78 is 0. The molecule has 2 aromatic rings. The van der Waals surface area contributed by atoms with Gasteiger partial charge in [0, 0.05) is 43.6 Å². The molecule has 106 valence electrons. The third-order valence-corrected chi connectivity index (χ3v) is 3.37. The molecular weight excluding hydrogens is 276 g/mol. The van der Waals surface area contributed by atoms with Crippen LogP contribution in [0, 0.1) is 0 Å². The van der Waals surface area contributed by atoms with Crippen molar-refractivity contribution >= 4 is 29.3 Å². The van der Waals surface area contributed by atoms with Gasteiger partial charge in [0.1, 0.15) is 0 Å². The number of hydrogen-bond acceptors (Lipinski definition) is 4. The Morgan fingerprint density at radius 3 is 2.80 bits per heavy atom. The summed E-state index contributed by atoms with van der Waals surface area (Å²) in [7, 11) is 0. The standard InChI is InChI=1S/C14H16N4O.ClH/c1-10-9-18(7-6-15-10)14(19)11-2-3-12-13(8-11)17-5-4-16-12;/h2-5,8,10,15H,6-7,9H2,1H3;1H. The zero-order chi connectivity index (χ0) is 13.2. The molecule has 1 saturated heterocycles. The first-order chi connectivity index (χ1) is 9.24. The molecule has 0 radical (unpaired) electrons. The van der Waals surface area contributed by atoms with Crippen LogP contribution in [0.3, 0.4) is 0 Å². The number of fused-ring (bicyclic) bond motifs is 1. The highest BCUT2D eigenvalue weighted by atomic mass is 35.5. The molecule has 1 unspecified atom stereocenters. The molecule has 5 nitrogen and oxygen atoms in total. The second-order valence-electron chi connectivity index (χ2n) is 4.87. The number of benzene rings is 1. The van der Waals surface area contributed by atoms with Crippen LogP contribution in [0.2, 0.25) is 0 Å². The Morgan fingerprint density at radius 2 is 2.05 bits per heavy atom. The monoisotopic (exact) mass is 292 g/mol. The second kappa shape index (κ2) is 6.15. The van der Waals surface area contributed by atoms with Crippen molar-refractivity contribution in [3.05, 3.63) is 36.2 Å². The fourth-order valence-corrected chi connectivity index (χ4v) is 2.40. The Labute approximate surface area is 123 Å².